The van der Waals surface area contributed by atoms with Crippen molar-refractivity contribution in [2.45, 2.75) is 13.5 Å². The molecule has 3 aromatic rings. The van der Waals surface area contributed by atoms with E-state index in [-0.39, 0.29) is 12.0 Å². The van der Waals surface area contributed by atoms with Gasteiger partial charge in [-0.25, -0.2) is 19.7 Å². The van der Waals surface area contributed by atoms with Crippen LogP contribution in [-0.4, -0.2) is 21.0 Å². The number of nitrogens with two attached hydrogens (primary N) is 1. The third kappa shape index (κ3) is 4.79. The number of urea groups is 1. The van der Waals surface area contributed by atoms with E-state index in [1.165, 1.54) is 11.3 Å². The zero-order valence-electron chi connectivity index (χ0n) is 13.2. The van der Waals surface area contributed by atoms with Crippen LogP contribution < -0.4 is 16.4 Å². The van der Waals surface area contributed by atoms with Gasteiger partial charge in [0.15, 0.2) is 5.13 Å². The summed E-state index contributed by atoms with van der Waals surface area (Å²) in [7, 11) is 0. The summed E-state index contributed by atoms with van der Waals surface area (Å²) >= 11 is 1.26. The molecule has 2 amide bonds. The Bertz CT molecular complexity index is 935. The molecule has 3 heterocycles. The molecule has 25 heavy (non-hydrogen) atoms. The topological polar surface area (TPSA) is 119 Å². The maximum Gasteiger partial charge on any atom is 0.321 e. The third-order valence-electron chi connectivity index (χ3n) is 2.95. The first-order valence-corrected chi connectivity index (χ1v) is 8.06. The molecule has 4 N–H and O–H groups in total. The average molecular weight is 354 g/mol. The van der Waals surface area contributed by atoms with Gasteiger partial charge < -0.3 is 15.5 Å². The minimum atomic E-state index is -0.366. The second-order valence-electron chi connectivity index (χ2n) is 4.93. The van der Waals surface area contributed by atoms with Crippen molar-refractivity contribution in [1.82, 2.24) is 20.3 Å². The zero-order chi connectivity index (χ0) is 17.6. The van der Waals surface area contributed by atoms with Gasteiger partial charge in [-0.2, -0.15) is 0 Å². The fraction of sp³-hybridized carbons (Fsp3) is 0.125. The number of anilines is 2. The lowest BCUT2D eigenvalue weighted by molar-refractivity contribution is 0.250. The maximum atomic E-state index is 11.9. The van der Waals surface area contributed by atoms with Crippen molar-refractivity contribution in [2.75, 3.05) is 11.1 Å². The third-order valence-corrected chi connectivity index (χ3v) is 3.78. The van der Waals surface area contributed by atoms with Crippen LogP contribution in [0.15, 0.2) is 35.1 Å². The molecule has 9 heteroatoms. The fourth-order valence-electron chi connectivity index (χ4n) is 1.81. The van der Waals surface area contributed by atoms with Gasteiger partial charge in [-0.3, -0.25) is 5.32 Å². The average Bonchev–Trinajstić information content (AvgIpc) is 3.21. The number of aromatic nitrogens is 3. The number of hydrogen-bond acceptors (Lipinski definition) is 7. The van der Waals surface area contributed by atoms with E-state index in [9.17, 15) is 4.79 Å². The fourth-order valence-corrected chi connectivity index (χ4v) is 2.48. The molecule has 0 aliphatic rings. The summed E-state index contributed by atoms with van der Waals surface area (Å²) in [5, 5.41) is 5.79. The van der Waals surface area contributed by atoms with Crippen LogP contribution in [0.5, 0.6) is 0 Å². The van der Waals surface area contributed by atoms with Gasteiger partial charge in [0.25, 0.3) is 0 Å². The summed E-state index contributed by atoms with van der Waals surface area (Å²) in [6.45, 7) is 2.15. The molecular weight excluding hydrogens is 340 g/mol. The summed E-state index contributed by atoms with van der Waals surface area (Å²) in [6.07, 6.45) is 4.67. The van der Waals surface area contributed by atoms with Gasteiger partial charge in [0.2, 0.25) is 5.95 Å². The van der Waals surface area contributed by atoms with Crippen LogP contribution in [0.3, 0.4) is 0 Å². The molecule has 0 atom stereocenters. The van der Waals surface area contributed by atoms with Crippen molar-refractivity contribution in [3.63, 3.8) is 0 Å². The van der Waals surface area contributed by atoms with Crippen molar-refractivity contribution in [3.05, 3.63) is 52.7 Å². The molecule has 0 aliphatic heterocycles. The first-order valence-electron chi connectivity index (χ1n) is 7.24. The van der Waals surface area contributed by atoms with Crippen LogP contribution in [0, 0.1) is 18.8 Å². The number of nitrogens with zero attached hydrogens (tertiary/aromatic N) is 3. The number of nitrogens with one attached hydrogen (secondary N) is 2. The van der Waals surface area contributed by atoms with E-state index in [1.807, 2.05) is 19.1 Å². The molecule has 0 fully saturated rings. The standard InChI is InChI=1S/C16H14N6O2S/c1-10-2-4-12(24-10)8-20-15(23)22-16-21-9-13(25-16)5-3-11-6-18-14(17)19-7-11/h2,4,6-7,9H,8H2,1H3,(H2,17,18,19)(H2,20,21,22,23). The van der Waals surface area contributed by atoms with Gasteiger partial charge >= 0.3 is 6.03 Å². The Kier molecular flexibility index (Phi) is 4.92. The van der Waals surface area contributed by atoms with E-state index in [4.69, 9.17) is 10.2 Å². The van der Waals surface area contributed by atoms with Gasteiger partial charge in [-0.1, -0.05) is 17.3 Å². The first kappa shape index (κ1) is 16.5. The van der Waals surface area contributed by atoms with Gasteiger partial charge in [0.1, 0.15) is 11.5 Å². The van der Waals surface area contributed by atoms with Crippen LogP contribution >= 0.6 is 11.3 Å². The van der Waals surface area contributed by atoms with Crippen molar-refractivity contribution in [2.24, 2.45) is 0 Å². The number of amides is 2. The predicted octanol–water partition coefficient (Wildman–Crippen LogP) is 2.14. The summed E-state index contributed by atoms with van der Waals surface area (Å²) < 4.78 is 5.38. The largest absolute Gasteiger partial charge is 0.465 e. The summed E-state index contributed by atoms with van der Waals surface area (Å²) in [5.74, 6) is 7.52. The quantitative estimate of drug-likeness (QED) is 0.620. The maximum absolute atomic E-state index is 11.9. The second kappa shape index (κ2) is 7.46. The minimum absolute atomic E-state index is 0.200. The Hall–Kier alpha value is -3.38. The van der Waals surface area contributed by atoms with Gasteiger partial charge in [-0.15, -0.1) is 0 Å². The highest BCUT2D eigenvalue weighted by atomic mass is 32.1. The number of rotatable bonds is 3. The Balaban J connectivity index is 1.54. The Morgan fingerprint density at radius 1 is 1.24 bits per heavy atom. The van der Waals surface area contributed by atoms with Crippen molar-refractivity contribution < 1.29 is 9.21 Å². The number of hydrogen-bond donors (Lipinski definition) is 3. The van der Waals surface area contributed by atoms with Crippen molar-refractivity contribution in [1.29, 1.82) is 0 Å². The zero-order valence-corrected chi connectivity index (χ0v) is 14.1. The highest BCUT2D eigenvalue weighted by Gasteiger charge is 2.06. The summed E-state index contributed by atoms with van der Waals surface area (Å²) in [4.78, 5) is 24.4. The molecule has 0 radical (unpaired) electrons. The van der Waals surface area contributed by atoms with Crippen LogP contribution in [0.2, 0.25) is 0 Å². The van der Waals surface area contributed by atoms with Gasteiger partial charge in [0.05, 0.1) is 23.2 Å². The highest BCUT2D eigenvalue weighted by molar-refractivity contribution is 7.16. The molecule has 0 unspecified atom stereocenters. The lowest BCUT2D eigenvalue weighted by atomic mass is 10.3. The van der Waals surface area contributed by atoms with E-state index >= 15 is 0 Å². The van der Waals surface area contributed by atoms with E-state index in [0.29, 0.717) is 27.9 Å². The van der Waals surface area contributed by atoms with Gasteiger partial charge in [-0.05, 0) is 25.0 Å². The molecule has 0 bridgehead atoms. The molecule has 0 saturated heterocycles. The molecule has 0 aliphatic carbocycles. The molecule has 0 aromatic carbocycles. The Labute approximate surface area is 147 Å². The van der Waals surface area contributed by atoms with E-state index in [0.717, 1.165) is 5.76 Å². The van der Waals surface area contributed by atoms with Crippen molar-refractivity contribution in [3.8, 4) is 11.8 Å². The number of carbonyl (C=O) groups excluding carboxylic acids is 1. The van der Waals surface area contributed by atoms with Crippen molar-refractivity contribution >= 4 is 28.4 Å². The van der Waals surface area contributed by atoms with Crippen LogP contribution in [0.4, 0.5) is 15.9 Å². The summed E-state index contributed by atoms with van der Waals surface area (Å²) in [5.41, 5.74) is 6.06. The number of nitrogen functional groups attached to an aromatic ring is 1. The second-order valence-corrected chi connectivity index (χ2v) is 5.96. The number of furan rings is 1. The van der Waals surface area contributed by atoms with Crippen LogP contribution in [0.25, 0.3) is 0 Å². The molecule has 8 nitrogen and oxygen atoms in total. The van der Waals surface area contributed by atoms with E-state index in [2.05, 4.69) is 37.4 Å². The molecule has 3 aromatic heterocycles. The molecule has 0 spiro atoms. The minimum Gasteiger partial charge on any atom is -0.465 e. The van der Waals surface area contributed by atoms with Crippen LogP contribution in [0.1, 0.15) is 22.0 Å². The Morgan fingerprint density at radius 2 is 2.04 bits per heavy atom. The van der Waals surface area contributed by atoms with Gasteiger partial charge in [0, 0.05) is 12.4 Å². The number of carbonyl (C=O) groups is 1. The lowest BCUT2D eigenvalue weighted by Crippen LogP contribution is -2.27. The van der Waals surface area contributed by atoms with Crippen LogP contribution in [-0.2, 0) is 6.54 Å². The SMILES string of the molecule is Cc1ccc(CNC(=O)Nc2ncc(C#Cc3cnc(N)nc3)s2)o1. The molecule has 126 valence electrons. The summed E-state index contributed by atoms with van der Waals surface area (Å²) in [6, 6.07) is 3.29. The predicted molar refractivity (Wildman–Crippen MR) is 93.8 cm³/mol. The number of aryl methyl sites for hydroxylation is 1. The highest BCUT2D eigenvalue weighted by Crippen LogP contribution is 2.17. The monoisotopic (exact) mass is 354 g/mol. The Morgan fingerprint density at radius 3 is 2.76 bits per heavy atom. The first-order chi connectivity index (χ1) is 12.1. The lowest BCUT2D eigenvalue weighted by Gasteiger charge is -2.02. The number of thiazole rings is 1. The normalized spacial score (nSPS) is 9.96. The molecule has 3 rings (SSSR count). The molecular formula is C16H14N6O2S. The smallest absolute Gasteiger partial charge is 0.321 e. The van der Waals surface area contributed by atoms with E-state index < -0.39 is 0 Å². The van der Waals surface area contributed by atoms with E-state index in [1.54, 1.807) is 18.6 Å². The molecule has 0 saturated carbocycles.